The van der Waals surface area contributed by atoms with Crippen molar-refractivity contribution in [3.05, 3.63) is 110 Å². The Morgan fingerprint density at radius 1 is 0.860 bits per heavy atom. The Labute approximate surface area is 266 Å². The molecule has 3 aromatic carbocycles. The SMILES string of the molecule is C[C@@H]1C=CC[C@H]2C(=O)N(N(CC(=O)c3ccc(OC(=O)c4ccc(Cl)cc4Cl)cc3)C(=O)c3ccc(Cl)c(Cl)c3)C(=O)[C@H]12. The number of fused-ring (bicyclic) bond motifs is 1. The van der Waals surface area contributed by atoms with Crippen LogP contribution in [-0.4, -0.2) is 46.0 Å². The number of amides is 3. The van der Waals surface area contributed by atoms with Crippen molar-refractivity contribution in [2.75, 3.05) is 6.54 Å². The molecule has 1 heterocycles. The summed E-state index contributed by atoms with van der Waals surface area (Å²) >= 11 is 24.1. The van der Waals surface area contributed by atoms with Gasteiger partial charge in [-0.15, -0.1) is 0 Å². The van der Waals surface area contributed by atoms with Crippen LogP contribution in [0, 0.1) is 17.8 Å². The molecule has 0 aromatic heterocycles. The molecule has 1 fully saturated rings. The van der Waals surface area contributed by atoms with Gasteiger partial charge >= 0.3 is 5.97 Å². The number of hydrogen-bond donors (Lipinski definition) is 0. The highest BCUT2D eigenvalue weighted by Crippen LogP contribution is 2.39. The van der Waals surface area contributed by atoms with E-state index in [1.165, 1.54) is 60.7 Å². The summed E-state index contributed by atoms with van der Waals surface area (Å²) in [6.07, 6.45) is 4.05. The normalized spacial score (nSPS) is 19.3. The Kier molecular flexibility index (Phi) is 8.94. The van der Waals surface area contributed by atoms with E-state index >= 15 is 0 Å². The molecule has 5 rings (SSSR count). The highest BCUT2D eigenvalue weighted by atomic mass is 35.5. The van der Waals surface area contributed by atoms with Gasteiger partial charge in [0.05, 0.1) is 32.5 Å². The third kappa shape index (κ3) is 6.19. The summed E-state index contributed by atoms with van der Waals surface area (Å²) in [5.74, 6) is -4.59. The molecule has 0 radical (unpaired) electrons. The van der Waals surface area contributed by atoms with Crippen molar-refractivity contribution in [1.29, 1.82) is 0 Å². The second kappa shape index (κ2) is 12.5. The lowest BCUT2D eigenvalue weighted by atomic mass is 9.78. The number of imide groups is 1. The summed E-state index contributed by atoms with van der Waals surface area (Å²) in [4.78, 5) is 66.7. The number of hydrazine groups is 1. The van der Waals surface area contributed by atoms with E-state index in [1.807, 2.05) is 19.1 Å². The van der Waals surface area contributed by atoms with E-state index in [0.717, 1.165) is 10.0 Å². The van der Waals surface area contributed by atoms with Crippen LogP contribution in [-0.2, 0) is 9.59 Å². The molecule has 43 heavy (non-hydrogen) atoms. The van der Waals surface area contributed by atoms with Crippen LogP contribution >= 0.6 is 46.4 Å². The molecule has 0 unspecified atom stereocenters. The number of ether oxygens (including phenoxy) is 1. The third-order valence-corrected chi connectivity index (χ3v) is 8.61. The second-order valence-electron chi connectivity index (χ2n) is 10.1. The smallest absolute Gasteiger partial charge is 0.345 e. The second-order valence-corrected chi connectivity index (χ2v) is 11.8. The van der Waals surface area contributed by atoms with E-state index in [9.17, 15) is 24.0 Å². The fourth-order valence-corrected chi connectivity index (χ4v) is 5.92. The van der Waals surface area contributed by atoms with Crippen molar-refractivity contribution in [3.63, 3.8) is 0 Å². The molecule has 3 amide bonds. The molecule has 1 aliphatic heterocycles. The lowest BCUT2D eigenvalue weighted by Crippen LogP contribution is -2.52. The molecule has 0 N–H and O–H groups in total. The van der Waals surface area contributed by atoms with Crippen molar-refractivity contribution in [2.24, 2.45) is 17.8 Å². The van der Waals surface area contributed by atoms with Crippen LogP contribution in [0.5, 0.6) is 5.75 Å². The standard InChI is InChI=1S/C31H22Cl4N2O6/c1-16-3-2-4-22-27(16)30(41)37(29(22)40)36(28(39)18-7-12-23(33)25(35)13-18)15-26(38)17-5-9-20(10-6-17)43-31(42)21-11-8-19(32)14-24(21)34/h2-3,5-14,16,22,27H,4,15H2,1H3/t16-,22-,27-/m1/s1. The van der Waals surface area contributed by atoms with Crippen molar-refractivity contribution in [3.8, 4) is 5.75 Å². The maximum atomic E-state index is 13.7. The topological polar surface area (TPSA) is 101 Å². The minimum Gasteiger partial charge on any atom is -0.423 e. The molecule has 0 spiro atoms. The van der Waals surface area contributed by atoms with E-state index < -0.39 is 47.9 Å². The van der Waals surface area contributed by atoms with E-state index in [-0.39, 0.29) is 43.4 Å². The van der Waals surface area contributed by atoms with Gasteiger partial charge in [-0.25, -0.2) is 9.80 Å². The minimum atomic E-state index is -0.779. The lowest BCUT2D eigenvalue weighted by Gasteiger charge is -2.30. The van der Waals surface area contributed by atoms with Gasteiger partial charge in [-0.2, -0.15) is 5.01 Å². The first-order valence-electron chi connectivity index (χ1n) is 13.1. The molecule has 12 heteroatoms. The monoisotopic (exact) mass is 658 g/mol. The molecule has 3 atom stereocenters. The van der Waals surface area contributed by atoms with Gasteiger partial charge in [0.25, 0.3) is 17.7 Å². The number of esters is 1. The van der Waals surface area contributed by atoms with Crippen LogP contribution in [0.2, 0.25) is 20.1 Å². The van der Waals surface area contributed by atoms with Crippen molar-refractivity contribution < 1.29 is 28.7 Å². The highest BCUT2D eigenvalue weighted by molar-refractivity contribution is 6.42. The van der Waals surface area contributed by atoms with Crippen molar-refractivity contribution in [2.45, 2.75) is 13.3 Å². The largest absolute Gasteiger partial charge is 0.423 e. The van der Waals surface area contributed by atoms with Gasteiger partial charge in [0.1, 0.15) is 12.3 Å². The van der Waals surface area contributed by atoms with E-state index in [0.29, 0.717) is 11.4 Å². The Morgan fingerprint density at radius 3 is 2.21 bits per heavy atom. The number of carbonyl (C=O) groups excluding carboxylic acids is 5. The number of nitrogens with zero attached hydrogens (tertiary/aromatic N) is 2. The van der Waals surface area contributed by atoms with Crippen molar-refractivity contribution in [1.82, 2.24) is 10.0 Å². The highest BCUT2D eigenvalue weighted by Gasteiger charge is 2.53. The maximum Gasteiger partial charge on any atom is 0.345 e. The Bertz CT molecular complexity index is 1690. The zero-order chi connectivity index (χ0) is 31.0. The van der Waals surface area contributed by atoms with Crippen LogP contribution in [0.1, 0.15) is 44.4 Å². The lowest BCUT2D eigenvalue weighted by molar-refractivity contribution is -0.154. The Balaban J connectivity index is 1.39. The van der Waals surface area contributed by atoms with Gasteiger partial charge in [0.15, 0.2) is 5.78 Å². The van der Waals surface area contributed by atoms with Crippen LogP contribution < -0.4 is 4.74 Å². The van der Waals surface area contributed by atoms with Crippen LogP contribution in [0.15, 0.2) is 72.8 Å². The zero-order valence-corrected chi connectivity index (χ0v) is 25.5. The number of halogens is 4. The predicted molar refractivity (Wildman–Crippen MR) is 161 cm³/mol. The number of allylic oxidation sites excluding steroid dienone is 2. The van der Waals surface area contributed by atoms with Gasteiger partial charge in [-0.3, -0.25) is 19.2 Å². The molecule has 0 saturated carbocycles. The summed E-state index contributed by atoms with van der Waals surface area (Å²) in [7, 11) is 0. The van der Waals surface area contributed by atoms with Gasteiger partial charge in [0.2, 0.25) is 0 Å². The molecular formula is C31H22Cl4N2O6. The fourth-order valence-electron chi connectivity index (χ4n) is 5.13. The van der Waals surface area contributed by atoms with Crippen LogP contribution in [0.4, 0.5) is 0 Å². The number of benzene rings is 3. The van der Waals surface area contributed by atoms with E-state index in [2.05, 4.69) is 0 Å². The van der Waals surface area contributed by atoms with Gasteiger partial charge in [-0.1, -0.05) is 65.5 Å². The first-order valence-corrected chi connectivity index (χ1v) is 14.6. The number of rotatable bonds is 7. The first-order chi connectivity index (χ1) is 20.5. The number of Topliss-reactive ketones (excluding diaryl/α,β-unsaturated/α-hetero) is 1. The molecule has 8 nitrogen and oxygen atoms in total. The number of ketones is 1. The minimum absolute atomic E-state index is 0.0342. The summed E-state index contributed by atoms with van der Waals surface area (Å²) in [6, 6.07) is 14.0. The summed E-state index contributed by atoms with van der Waals surface area (Å²) < 4.78 is 5.36. The van der Waals surface area contributed by atoms with E-state index in [4.69, 9.17) is 51.1 Å². The summed E-state index contributed by atoms with van der Waals surface area (Å²) in [6.45, 7) is 1.20. The quantitative estimate of drug-likeness (QED) is 0.0894. The zero-order valence-electron chi connectivity index (χ0n) is 22.4. The Hall–Kier alpha value is -3.69. The first kappa shape index (κ1) is 30.8. The van der Waals surface area contributed by atoms with Gasteiger partial charge in [0, 0.05) is 16.1 Å². The molecule has 0 bridgehead atoms. The van der Waals surface area contributed by atoms with Gasteiger partial charge < -0.3 is 4.74 Å². The average molecular weight is 660 g/mol. The predicted octanol–water partition coefficient (Wildman–Crippen LogP) is 6.96. The molecule has 2 aliphatic rings. The number of carbonyl (C=O) groups is 5. The van der Waals surface area contributed by atoms with E-state index in [1.54, 1.807) is 0 Å². The Morgan fingerprint density at radius 2 is 1.56 bits per heavy atom. The van der Waals surface area contributed by atoms with Crippen molar-refractivity contribution >= 4 is 75.9 Å². The molecule has 3 aromatic rings. The fraction of sp³-hybridized carbons (Fsp3) is 0.194. The van der Waals surface area contributed by atoms with Gasteiger partial charge in [-0.05, 0) is 73.0 Å². The number of hydrogen-bond acceptors (Lipinski definition) is 6. The maximum absolute atomic E-state index is 13.7. The summed E-state index contributed by atoms with van der Waals surface area (Å²) in [5.41, 5.74) is 0.280. The van der Waals surface area contributed by atoms with Crippen LogP contribution in [0.25, 0.3) is 0 Å². The summed E-state index contributed by atoms with van der Waals surface area (Å²) in [5, 5.41) is 2.42. The molecular weight excluding hydrogens is 638 g/mol. The third-order valence-electron chi connectivity index (χ3n) is 7.32. The molecule has 220 valence electrons. The van der Waals surface area contributed by atoms with Crippen LogP contribution in [0.3, 0.4) is 0 Å². The molecule has 1 aliphatic carbocycles. The molecule has 1 saturated heterocycles. The average Bonchev–Trinajstić information content (AvgIpc) is 3.23.